The van der Waals surface area contributed by atoms with Gasteiger partial charge in [0.15, 0.2) is 0 Å². The first-order chi connectivity index (χ1) is 9.51. The lowest BCUT2D eigenvalue weighted by atomic mass is 10.3. The molecule has 1 amide bonds. The van der Waals surface area contributed by atoms with E-state index in [-0.39, 0.29) is 21.4 Å². The van der Waals surface area contributed by atoms with Crippen LogP contribution in [0.1, 0.15) is 15.5 Å². The predicted molar refractivity (Wildman–Crippen MR) is 79.2 cm³/mol. The molecule has 0 saturated carbocycles. The van der Waals surface area contributed by atoms with E-state index < -0.39 is 11.7 Å². The van der Waals surface area contributed by atoms with Crippen molar-refractivity contribution < 1.29 is 9.18 Å². The van der Waals surface area contributed by atoms with Crippen molar-refractivity contribution in [2.24, 2.45) is 5.73 Å². The fourth-order valence-electron chi connectivity index (χ4n) is 1.49. The lowest BCUT2D eigenvalue weighted by Gasteiger charge is -2.08. The van der Waals surface area contributed by atoms with E-state index in [0.29, 0.717) is 13.0 Å². The van der Waals surface area contributed by atoms with Gasteiger partial charge in [0.2, 0.25) is 0 Å². The summed E-state index contributed by atoms with van der Waals surface area (Å²) in [5, 5.41) is 4.97. The number of hydrogen-bond donors (Lipinski definition) is 2. The van der Waals surface area contributed by atoms with Gasteiger partial charge in [0, 0.05) is 11.8 Å². The maximum absolute atomic E-state index is 13.1. The third-order valence-electron chi connectivity index (χ3n) is 2.39. The Bertz CT molecular complexity index is 624. The van der Waals surface area contributed by atoms with Gasteiger partial charge in [0.25, 0.3) is 5.91 Å². The highest BCUT2D eigenvalue weighted by atomic mass is 35.5. The molecule has 2 rings (SSSR count). The molecule has 0 fully saturated rings. The summed E-state index contributed by atoms with van der Waals surface area (Å²) in [5.74, 6) is -1.03. The number of nitrogens with one attached hydrogen (secondary N) is 1. The van der Waals surface area contributed by atoms with Crippen LogP contribution >= 0.6 is 34.5 Å². The largest absolute Gasteiger partial charge is 0.330 e. The molecule has 1 aromatic carbocycles. The molecule has 0 aliphatic heterocycles. The Labute approximate surface area is 128 Å². The van der Waals surface area contributed by atoms with E-state index in [4.69, 9.17) is 28.9 Å². The van der Waals surface area contributed by atoms with Crippen LogP contribution in [0.25, 0.3) is 0 Å². The monoisotopic (exact) mass is 333 g/mol. The number of amides is 1. The van der Waals surface area contributed by atoms with Gasteiger partial charge in [-0.3, -0.25) is 4.79 Å². The van der Waals surface area contributed by atoms with E-state index in [0.717, 1.165) is 17.1 Å². The maximum atomic E-state index is 13.1. The molecule has 2 aromatic rings. The van der Waals surface area contributed by atoms with Gasteiger partial charge < -0.3 is 11.1 Å². The Kier molecular flexibility index (Phi) is 4.93. The summed E-state index contributed by atoms with van der Waals surface area (Å²) in [5.41, 5.74) is 5.82. The number of carbonyl (C=O) groups excluding carboxylic acids is 1. The Balaban J connectivity index is 2.19. The second-order valence-electron chi connectivity index (χ2n) is 3.86. The molecule has 0 spiro atoms. The van der Waals surface area contributed by atoms with E-state index in [1.807, 2.05) is 0 Å². The fourth-order valence-corrected chi connectivity index (χ4v) is 2.84. The molecule has 0 atom stereocenters. The van der Waals surface area contributed by atoms with Crippen molar-refractivity contribution in [2.45, 2.75) is 6.42 Å². The summed E-state index contributed by atoms with van der Waals surface area (Å²) in [6, 6.07) is 2.15. The van der Waals surface area contributed by atoms with Crippen LogP contribution < -0.4 is 11.1 Å². The number of aromatic nitrogens is 1. The maximum Gasteiger partial charge on any atom is 0.275 e. The summed E-state index contributed by atoms with van der Waals surface area (Å²) in [4.78, 5) is 16.2. The zero-order chi connectivity index (χ0) is 14.7. The quantitative estimate of drug-likeness (QED) is 0.901. The van der Waals surface area contributed by atoms with Crippen LogP contribution in [0.4, 0.5) is 10.1 Å². The number of rotatable bonds is 4. The van der Waals surface area contributed by atoms with Crippen LogP contribution in [-0.4, -0.2) is 17.4 Å². The average Bonchev–Trinajstić information content (AvgIpc) is 2.82. The molecular formula is C12H10Cl2FN3OS. The minimum Gasteiger partial charge on any atom is -0.330 e. The summed E-state index contributed by atoms with van der Waals surface area (Å²) < 4.78 is 13.1. The molecule has 106 valence electrons. The molecular weight excluding hydrogens is 324 g/mol. The van der Waals surface area contributed by atoms with E-state index in [1.165, 1.54) is 11.3 Å². The molecule has 0 bridgehead atoms. The van der Waals surface area contributed by atoms with E-state index in [9.17, 15) is 9.18 Å². The van der Waals surface area contributed by atoms with Gasteiger partial charge in [0.1, 0.15) is 11.5 Å². The van der Waals surface area contributed by atoms with Crippen molar-refractivity contribution in [2.75, 3.05) is 11.9 Å². The van der Waals surface area contributed by atoms with Crippen LogP contribution in [0.3, 0.4) is 0 Å². The van der Waals surface area contributed by atoms with Crippen LogP contribution in [0.15, 0.2) is 17.5 Å². The zero-order valence-electron chi connectivity index (χ0n) is 10.1. The number of carbonyl (C=O) groups is 1. The summed E-state index contributed by atoms with van der Waals surface area (Å²) in [6.07, 6.45) is 0.607. The van der Waals surface area contributed by atoms with Gasteiger partial charge in [-0.2, -0.15) is 0 Å². The van der Waals surface area contributed by atoms with Crippen LogP contribution in [-0.2, 0) is 6.42 Å². The minimum atomic E-state index is -0.572. The van der Waals surface area contributed by atoms with Crippen molar-refractivity contribution >= 4 is 46.1 Å². The van der Waals surface area contributed by atoms with Crippen LogP contribution in [0.5, 0.6) is 0 Å². The smallest absolute Gasteiger partial charge is 0.275 e. The topological polar surface area (TPSA) is 68.0 Å². The Morgan fingerprint density at radius 3 is 2.65 bits per heavy atom. The number of anilines is 1. The van der Waals surface area contributed by atoms with Gasteiger partial charge in [-0.25, -0.2) is 9.37 Å². The van der Waals surface area contributed by atoms with Gasteiger partial charge in [-0.15, -0.1) is 11.3 Å². The van der Waals surface area contributed by atoms with Gasteiger partial charge in [-0.1, -0.05) is 23.2 Å². The first kappa shape index (κ1) is 15.2. The zero-order valence-corrected chi connectivity index (χ0v) is 12.4. The molecule has 0 saturated heterocycles. The molecule has 0 radical (unpaired) electrons. The summed E-state index contributed by atoms with van der Waals surface area (Å²) in [6.45, 7) is 0.462. The summed E-state index contributed by atoms with van der Waals surface area (Å²) in [7, 11) is 0. The highest BCUT2D eigenvalue weighted by molar-refractivity contribution is 7.09. The predicted octanol–water partition coefficient (Wildman–Crippen LogP) is 3.34. The number of benzene rings is 1. The van der Waals surface area contributed by atoms with E-state index in [2.05, 4.69) is 10.3 Å². The molecule has 0 unspecified atom stereocenters. The highest BCUT2D eigenvalue weighted by Crippen LogP contribution is 2.31. The number of hydrogen-bond acceptors (Lipinski definition) is 4. The first-order valence-electron chi connectivity index (χ1n) is 5.61. The molecule has 3 N–H and O–H groups in total. The highest BCUT2D eigenvalue weighted by Gasteiger charge is 2.15. The molecule has 20 heavy (non-hydrogen) atoms. The normalized spacial score (nSPS) is 10.6. The summed E-state index contributed by atoms with van der Waals surface area (Å²) >= 11 is 13.0. The second-order valence-corrected chi connectivity index (χ2v) is 5.62. The Morgan fingerprint density at radius 2 is 2.05 bits per heavy atom. The molecule has 4 nitrogen and oxygen atoms in total. The van der Waals surface area contributed by atoms with Crippen molar-refractivity contribution in [1.82, 2.24) is 4.98 Å². The van der Waals surface area contributed by atoms with Crippen molar-refractivity contribution in [1.29, 1.82) is 0 Å². The average molecular weight is 334 g/mol. The Hall–Kier alpha value is -1.21. The van der Waals surface area contributed by atoms with Crippen LogP contribution in [0.2, 0.25) is 10.0 Å². The third-order valence-corrected chi connectivity index (χ3v) is 3.89. The molecule has 0 aliphatic rings. The lowest BCUT2D eigenvalue weighted by molar-refractivity contribution is 0.102. The van der Waals surface area contributed by atoms with E-state index in [1.54, 1.807) is 5.38 Å². The molecule has 8 heteroatoms. The third kappa shape index (κ3) is 3.46. The van der Waals surface area contributed by atoms with Gasteiger partial charge in [0.05, 0.1) is 20.7 Å². The number of halogens is 3. The molecule has 0 aliphatic carbocycles. The van der Waals surface area contributed by atoms with Gasteiger partial charge in [-0.05, 0) is 18.7 Å². The second kappa shape index (κ2) is 6.49. The molecule has 1 aromatic heterocycles. The first-order valence-corrected chi connectivity index (χ1v) is 7.25. The number of thiazole rings is 1. The van der Waals surface area contributed by atoms with Crippen molar-refractivity contribution in [3.05, 3.63) is 44.1 Å². The number of nitrogens with zero attached hydrogens (tertiary/aromatic N) is 1. The number of nitrogens with two attached hydrogens (primary N) is 1. The fraction of sp³-hybridized carbons (Fsp3) is 0.167. The van der Waals surface area contributed by atoms with E-state index >= 15 is 0 Å². The molecule has 1 heterocycles. The SMILES string of the molecule is NCCc1nc(C(=O)Nc2c(Cl)cc(F)cc2Cl)cs1. The van der Waals surface area contributed by atoms with Crippen molar-refractivity contribution in [3.63, 3.8) is 0 Å². The Morgan fingerprint density at radius 1 is 1.40 bits per heavy atom. The standard InChI is InChI=1S/C12H10Cl2FN3OS/c13-7-3-6(15)4-8(14)11(7)18-12(19)9-5-20-10(17-9)1-2-16/h3-5H,1-2,16H2,(H,18,19). The lowest BCUT2D eigenvalue weighted by Crippen LogP contribution is -2.13. The van der Waals surface area contributed by atoms with Gasteiger partial charge >= 0.3 is 0 Å². The minimum absolute atomic E-state index is 0.0285. The van der Waals surface area contributed by atoms with Crippen LogP contribution in [0, 0.1) is 5.82 Å². The van der Waals surface area contributed by atoms with Crippen molar-refractivity contribution in [3.8, 4) is 0 Å².